The molecule has 0 bridgehead atoms. The summed E-state index contributed by atoms with van der Waals surface area (Å²) in [5.41, 5.74) is 0.230. The number of nitrogens with zero attached hydrogens (tertiary/aromatic N) is 2. The molecule has 2 aromatic heterocycles. The molecular weight excluding hydrogens is 448 g/mol. The van der Waals surface area contributed by atoms with Crippen LogP contribution in [0.15, 0.2) is 63.5 Å². The first kappa shape index (κ1) is 22.6. The van der Waals surface area contributed by atoms with Gasteiger partial charge in [0.15, 0.2) is 0 Å². The van der Waals surface area contributed by atoms with E-state index in [1.807, 2.05) is 12.1 Å². The van der Waals surface area contributed by atoms with Gasteiger partial charge in [-0.3, -0.25) is 14.2 Å². The summed E-state index contributed by atoms with van der Waals surface area (Å²) in [6, 6.07) is 11.5. The van der Waals surface area contributed by atoms with Crippen molar-refractivity contribution in [2.75, 3.05) is 5.32 Å². The molecule has 0 aliphatic carbocycles. The molecule has 0 radical (unpaired) electrons. The summed E-state index contributed by atoms with van der Waals surface area (Å²) in [6.45, 7) is 1.75. The number of rotatable bonds is 7. The maximum atomic E-state index is 13.8. The van der Waals surface area contributed by atoms with Gasteiger partial charge < -0.3 is 5.32 Å². The van der Waals surface area contributed by atoms with Crippen molar-refractivity contribution in [1.82, 2.24) is 9.13 Å². The summed E-state index contributed by atoms with van der Waals surface area (Å²) < 4.78 is 29.5. The maximum Gasteiger partial charge on any atom is 0.336 e. The van der Waals surface area contributed by atoms with Crippen LogP contribution in [-0.4, -0.2) is 15.0 Å². The second-order valence-electron chi connectivity index (χ2n) is 7.62. The number of aryl methyl sites for hydroxylation is 1. The Labute approximate surface area is 191 Å². The van der Waals surface area contributed by atoms with Gasteiger partial charge in [-0.05, 0) is 54.1 Å². The second kappa shape index (κ2) is 9.50. The van der Waals surface area contributed by atoms with Crippen molar-refractivity contribution < 1.29 is 13.6 Å². The number of carbonyl (C=O) groups excluding carboxylic acids is 1. The number of carbonyl (C=O) groups is 1. The van der Waals surface area contributed by atoms with Gasteiger partial charge in [-0.2, -0.15) is 0 Å². The predicted molar refractivity (Wildman–Crippen MR) is 125 cm³/mol. The topological polar surface area (TPSA) is 73.1 Å². The summed E-state index contributed by atoms with van der Waals surface area (Å²) in [5.74, 6) is -2.31. The van der Waals surface area contributed by atoms with Crippen LogP contribution in [0.4, 0.5) is 14.5 Å². The Bertz CT molecular complexity index is 1420. The van der Waals surface area contributed by atoms with Gasteiger partial charge in [0.05, 0.1) is 11.2 Å². The number of benzene rings is 2. The molecule has 1 N–H and O–H groups in total. The molecule has 0 spiro atoms. The quantitative estimate of drug-likeness (QED) is 0.434. The third-order valence-electron chi connectivity index (χ3n) is 5.22. The van der Waals surface area contributed by atoms with E-state index in [1.54, 1.807) is 23.6 Å². The van der Waals surface area contributed by atoms with Gasteiger partial charge in [-0.25, -0.2) is 18.1 Å². The Morgan fingerprint density at radius 1 is 1.03 bits per heavy atom. The van der Waals surface area contributed by atoms with Crippen LogP contribution in [0.5, 0.6) is 0 Å². The summed E-state index contributed by atoms with van der Waals surface area (Å²) in [6.07, 6.45) is 3.13. The zero-order valence-corrected chi connectivity index (χ0v) is 18.6. The molecule has 0 atom stereocenters. The Morgan fingerprint density at radius 2 is 1.73 bits per heavy atom. The monoisotopic (exact) mass is 469 g/mol. The normalized spacial score (nSPS) is 11.1. The molecule has 1 amide bonds. The van der Waals surface area contributed by atoms with Gasteiger partial charge in [-0.1, -0.05) is 25.5 Å². The van der Waals surface area contributed by atoms with Crippen LogP contribution in [0.1, 0.15) is 25.3 Å². The minimum Gasteiger partial charge on any atom is -0.325 e. The van der Waals surface area contributed by atoms with E-state index in [1.165, 1.54) is 5.56 Å². The van der Waals surface area contributed by atoms with Crippen molar-refractivity contribution in [3.63, 3.8) is 0 Å². The number of thiophene rings is 1. The highest BCUT2D eigenvalue weighted by Crippen LogP contribution is 2.18. The summed E-state index contributed by atoms with van der Waals surface area (Å²) in [7, 11) is 0. The fraction of sp³-hybridized carbons (Fsp3) is 0.208. The Balaban J connectivity index is 1.68. The van der Waals surface area contributed by atoms with Crippen molar-refractivity contribution in [3.8, 4) is 5.69 Å². The molecule has 0 unspecified atom stereocenters. The zero-order chi connectivity index (χ0) is 23.5. The number of unbranched alkanes of at least 4 members (excludes halogenated alkanes) is 1. The van der Waals surface area contributed by atoms with E-state index >= 15 is 0 Å². The highest BCUT2D eigenvalue weighted by atomic mass is 32.1. The van der Waals surface area contributed by atoms with Crippen molar-refractivity contribution in [1.29, 1.82) is 0 Å². The van der Waals surface area contributed by atoms with Gasteiger partial charge in [0.2, 0.25) is 5.91 Å². The highest BCUT2D eigenvalue weighted by molar-refractivity contribution is 7.17. The molecular formula is C24H21F2N3O3S. The lowest BCUT2D eigenvalue weighted by atomic mass is 10.1. The molecule has 0 aliphatic heterocycles. The van der Waals surface area contributed by atoms with E-state index < -0.39 is 28.8 Å². The summed E-state index contributed by atoms with van der Waals surface area (Å²) in [5, 5.41) is 4.36. The van der Waals surface area contributed by atoms with E-state index in [-0.39, 0.29) is 22.4 Å². The lowest BCUT2D eigenvalue weighted by Crippen LogP contribution is -2.40. The Kier molecular flexibility index (Phi) is 6.50. The van der Waals surface area contributed by atoms with Gasteiger partial charge in [-0.15, -0.1) is 11.3 Å². The standard InChI is InChI=1S/C24H21F2N3O3S/c1-2-3-4-15-5-7-18(8-6-15)27-21(30)14-28-20-9-10-33-22(20)23(31)29(24(28)32)19-12-16(25)11-17(26)13-19/h5-13H,2-4,14H2,1H3,(H,27,30). The average molecular weight is 470 g/mol. The van der Waals surface area contributed by atoms with Gasteiger partial charge in [0.1, 0.15) is 22.9 Å². The first-order valence-corrected chi connectivity index (χ1v) is 11.3. The average Bonchev–Trinajstić information content (AvgIpc) is 3.26. The molecule has 6 nitrogen and oxygen atoms in total. The molecule has 33 heavy (non-hydrogen) atoms. The summed E-state index contributed by atoms with van der Waals surface area (Å²) in [4.78, 5) is 38.8. The van der Waals surface area contributed by atoms with Crippen molar-refractivity contribution >= 4 is 33.1 Å². The molecule has 0 saturated heterocycles. The van der Waals surface area contributed by atoms with Crippen molar-refractivity contribution in [3.05, 3.63) is 91.9 Å². The second-order valence-corrected chi connectivity index (χ2v) is 8.54. The number of hydrogen-bond donors (Lipinski definition) is 1. The molecule has 2 aromatic carbocycles. The van der Waals surface area contributed by atoms with Crippen molar-refractivity contribution in [2.45, 2.75) is 32.7 Å². The first-order valence-electron chi connectivity index (χ1n) is 10.5. The number of amides is 1. The third kappa shape index (κ3) is 4.78. The fourth-order valence-corrected chi connectivity index (χ4v) is 4.44. The van der Waals surface area contributed by atoms with Crippen LogP contribution in [0.3, 0.4) is 0 Å². The molecule has 0 aliphatic rings. The van der Waals surface area contributed by atoms with Crippen LogP contribution in [0.2, 0.25) is 0 Å². The summed E-state index contributed by atoms with van der Waals surface area (Å²) >= 11 is 1.08. The van der Waals surface area contributed by atoms with E-state index in [9.17, 15) is 23.2 Å². The number of fused-ring (bicyclic) bond motifs is 1. The molecule has 4 rings (SSSR count). The van der Waals surface area contributed by atoms with Crippen LogP contribution < -0.4 is 16.6 Å². The largest absolute Gasteiger partial charge is 0.336 e. The SMILES string of the molecule is CCCCc1ccc(NC(=O)Cn2c(=O)n(-c3cc(F)cc(F)c3)c(=O)c3sccc32)cc1. The molecule has 0 fully saturated rings. The number of halogens is 2. The minimum atomic E-state index is -0.922. The van der Waals surface area contributed by atoms with Gasteiger partial charge >= 0.3 is 5.69 Å². The predicted octanol–water partition coefficient (Wildman–Crippen LogP) is 4.47. The third-order valence-corrected chi connectivity index (χ3v) is 6.11. The smallest absolute Gasteiger partial charge is 0.325 e. The lowest BCUT2D eigenvalue weighted by molar-refractivity contribution is -0.116. The maximum absolute atomic E-state index is 13.8. The molecule has 170 valence electrons. The Morgan fingerprint density at radius 3 is 2.39 bits per heavy atom. The number of aromatic nitrogens is 2. The fourth-order valence-electron chi connectivity index (χ4n) is 3.62. The van der Waals surface area contributed by atoms with Crippen LogP contribution in [-0.2, 0) is 17.8 Å². The number of nitrogens with one attached hydrogen (secondary N) is 1. The molecule has 9 heteroatoms. The molecule has 4 aromatic rings. The number of anilines is 1. The van der Waals surface area contributed by atoms with E-state index in [2.05, 4.69) is 12.2 Å². The Hall–Kier alpha value is -3.59. The van der Waals surface area contributed by atoms with Gasteiger partial charge in [0.25, 0.3) is 5.56 Å². The molecule has 0 saturated carbocycles. The van der Waals surface area contributed by atoms with Crippen molar-refractivity contribution in [2.24, 2.45) is 0 Å². The highest BCUT2D eigenvalue weighted by Gasteiger charge is 2.18. The van der Waals surface area contributed by atoms with Crippen LogP contribution in [0.25, 0.3) is 15.9 Å². The van der Waals surface area contributed by atoms with Gasteiger partial charge in [0, 0.05) is 11.8 Å². The number of hydrogen-bond acceptors (Lipinski definition) is 4. The van der Waals surface area contributed by atoms with E-state index in [0.717, 1.165) is 47.3 Å². The zero-order valence-electron chi connectivity index (χ0n) is 17.8. The van der Waals surface area contributed by atoms with Crippen LogP contribution in [0, 0.1) is 11.6 Å². The molecule has 2 heterocycles. The van der Waals surface area contributed by atoms with E-state index in [0.29, 0.717) is 16.3 Å². The van der Waals surface area contributed by atoms with Crippen LogP contribution >= 0.6 is 11.3 Å². The van der Waals surface area contributed by atoms with E-state index in [4.69, 9.17) is 0 Å². The first-order chi connectivity index (χ1) is 15.9. The lowest BCUT2D eigenvalue weighted by Gasteiger charge is -2.13. The minimum absolute atomic E-state index is 0.201.